The number of nitrogens with two attached hydrogens (primary N) is 1. The summed E-state index contributed by atoms with van der Waals surface area (Å²) in [6, 6.07) is 2.69. The van der Waals surface area contributed by atoms with Gasteiger partial charge in [-0.15, -0.1) is 0 Å². The lowest BCUT2D eigenvalue weighted by Gasteiger charge is -2.04. The van der Waals surface area contributed by atoms with Crippen LogP contribution in [0.5, 0.6) is 0 Å². The summed E-state index contributed by atoms with van der Waals surface area (Å²) in [5.74, 6) is 5.14. The zero-order valence-electron chi connectivity index (χ0n) is 10.6. The van der Waals surface area contributed by atoms with E-state index in [1.165, 1.54) is 0 Å². The van der Waals surface area contributed by atoms with Crippen LogP contribution < -0.4 is 16.0 Å². The third-order valence-corrected chi connectivity index (χ3v) is 5.46. The Morgan fingerprint density at radius 1 is 1.52 bits per heavy atom. The van der Waals surface area contributed by atoms with Crippen LogP contribution in [0.25, 0.3) is 0 Å². The highest BCUT2D eigenvalue weighted by molar-refractivity contribution is 7.91. The molecule has 0 aliphatic heterocycles. The van der Waals surface area contributed by atoms with Gasteiger partial charge in [0.25, 0.3) is 0 Å². The molecule has 0 spiro atoms. The number of hydrogen-bond acceptors (Lipinski definition) is 8. The second-order valence-electron chi connectivity index (χ2n) is 3.85. The molecule has 0 unspecified atom stereocenters. The van der Waals surface area contributed by atoms with Gasteiger partial charge in [-0.25, -0.2) is 19.0 Å². The topological polar surface area (TPSA) is 145 Å². The van der Waals surface area contributed by atoms with Crippen molar-refractivity contribution in [1.82, 2.24) is 14.5 Å². The number of thiophene rings is 1. The number of sulfonamides is 1. The molecular formula is C9H12N6O4S2. The molecule has 2 aromatic heterocycles. The lowest BCUT2D eigenvalue weighted by molar-refractivity contribution is -0.383. The summed E-state index contributed by atoms with van der Waals surface area (Å²) in [4.78, 5) is 10.1. The fraction of sp³-hybridized carbons (Fsp3) is 0.222. The molecule has 21 heavy (non-hydrogen) atoms. The van der Waals surface area contributed by atoms with E-state index in [4.69, 9.17) is 5.84 Å². The number of hydrogen-bond donors (Lipinski definition) is 3. The monoisotopic (exact) mass is 332 g/mol. The van der Waals surface area contributed by atoms with Crippen LogP contribution in [0.1, 0.15) is 0 Å². The van der Waals surface area contributed by atoms with Gasteiger partial charge in [0, 0.05) is 25.0 Å². The molecule has 0 aliphatic carbocycles. The number of aromatic nitrogens is 2. The summed E-state index contributed by atoms with van der Waals surface area (Å²) in [5, 5.41) is 14.7. The molecule has 2 rings (SSSR count). The Balaban J connectivity index is 2.10. The van der Waals surface area contributed by atoms with Crippen molar-refractivity contribution < 1.29 is 13.3 Å². The van der Waals surface area contributed by atoms with Crippen LogP contribution in [-0.2, 0) is 16.6 Å². The molecule has 12 heteroatoms. The minimum absolute atomic E-state index is 0.0209. The van der Waals surface area contributed by atoms with Gasteiger partial charge in [0.1, 0.15) is 4.21 Å². The molecule has 0 aliphatic rings. The maximum atomic E-state index is 12.0. The zero-order chi connectivity index (χ0) is 15.5. The smallest absolute Gasteiger partial charge is 0.306 e. The highest BCUT2D eigenvalue weighted by Crippen LogP contribution is 2.36. The van der Waals surface area contributed by atoms with Crippen LogP contribution in [0.4, 0.5) is 10.7 Å². The Bertz CT molecular complexity index is 724. The number of nitrogen functional groups attached to an aromatic ring is 1. The Hall–Kier alpha value is -2.02. The summed E-state index contributed by atoms with van der Waals surface area (Å²) in [5.41, 5.74) is 1.74. The van der Waals surface area contributed by atoms with Gasteiger partial charge in [0.2, 0.25) is 10.0 Å². The van der Waals surface area contributed by atoms with Gasteiger partial charge in [-0.2, -0.15) is 5.10 Å². The molecule has 0 saturated carbocycles. The minimum Gasteiger partial charge on any atom is -0.310 e. The number of nitrogens with one attached hydrogen (secondary N) is 2. The van der Waals surface area contributed by atoms with E-state index in [1.54, 1.807) is 23.1 Å². The molecule has 0 aromatic carbocycles. The minimum atomic E-state index is -3.83. The quantitative estimate of drug-likeness (QED) is 0.371. The van der Waals surface area contributed by atoms with E-state index in [0.29, 0.717) is 17.9 Å². The van der Waals surface area contributed by atoms with Gasteiger partial charge in [0.05, 0.1) is 11.5 Å². The van der Waals surface area contributed by atoms with Crippen molar-refractivity contribution in [3.8, 4) is 0 Å². The molecule has 0 amide bonds. The standard InChI is InChI=1S/C9H12N6O4S2/c10-13-9-7(15(16)17)6-8(20-9)21(18,19)12-3-5-14-4-1-2-11-14/h1-2,4,6,12-13H,3,5,10H2. The first-order chi connectivity index (χ1) is 9.94. The second-order valence-corrected chi connectivity index (χ2v) is 6.89. The molecule has 2 aromatic rings. The SMILES string of the molecule is NNc1sc(S(=O)(=O)NCCn2cccn2)cc1[N+](=O)[O-]. The van der Waals surface area contributed by atoms with E-state index in [9.17, 15) is 18.5 Å². The highest BCUT2D eigenvalue weighted by atomic mass is 32.2. The van der Waals surface area contributed by atoms with Gasteiger partial charge < -0.3 is 5.43 Å². The molecule has 0 fully saturated rings. The van der Waals surface area contributed by atoms with Crippen molar-refractivity contribution in [3.63, 3.8) is 0 Å². The van der Waals surface area contributed by atoms with Crippen molar-refractivity contribution in [3.05, 3.63) is 34.6 Å². The molecule has 0 radical (unpaired) electrons. The number of hydrazine groups is 1. The van der Waals surface area contributed by atoms with Gasteiger partial charge >= 0.3 is 5.69 Å². The van der Waals surface area contributed by atoms with Crippen LogP contribution in [0.15, 0.2) is 28.7 Å². The number of rotatable bonds is 7. The zero-order valence-corrected chi connectivity index (χ0v) is 12.2. The number of nitrogens with zero attached hydrogens (tertiary/aromatic N) is 3. The molecule has 10 nitrogen and oxygen atoms in total. The first-order valence-corrected chi connectivity index (χ1v) is 7.96. The summed E-state index contributed by atoms with van der Waals surface area (Å²) < 4.78 is 27.8. The van der Waals surface area contributed by atoms with Crippen molar-refractivity contribution in [2.75, 3.05) is 12.0 Å². The van der Waals surface area contributed by atoms with Crippen LogP contribution in [0.2, 0.25) is 0 Å². The van der Waals surface area contributed by atoms with Crippen molar-refractivity contribution in [1.29, 1.82) is 0 Å². The van der Waals surface area contributed by atoms with Gasteiger partial charge in [-0.05, 0) is 6.07 Å². The Kier molecular flexibility index (Phi) is 4.52. The first kappa shape index (κ1) is 15.4. The largest absolute Gasteiger partial charge is 0.310 e. The van der Waals surface area contributed by atoms with Crippen LogP contribution in [0.3, 0.4) is 0 Å². The van der Waals surface area contributed by atoms with Crippen molar-refractivity contribution in [2.45, 2.75) is 10.8 Å². The average molecular weight is 332 g/mol. The van der Waals surface area contributed by atoms with E-state index in [0.717, 1.165) is 6.07 Å². The third-order valence-electron chi connectivity index (χ3n) is 2.47. The second kappa shape index (κ2) is 6.17. The molecular weight excluding hydrogens is 320 g/mol. The summed E-state index contributed by atoms with van der Waals surface area (Å²) in [7, 11) is -3.83. The van der Waals surface area contributed by atoms with E-state index in [2.05, 4.69) is 15.2 Å². The molecule has 2 heterocycles. The molecule has 0 atom stereocenters. The van der Waals surface area contributed by atoms with Gasteiger partial charge in [-0.1, -0.05) is 11.3 Å². The lowest BCUT2D eigenvalue weighted by Crippen LogP contribution is -2.27. The lowest BCUT2D eigenvalue weighted by atomic mass is 10.5. The van der Waals surface area contributed by atoms with Gasteiger partial charge in [-0.3, -0.25) is 14.8 Å². The number of anilines is 1. The summed E-state index contributed by atoms with van der Waals surface area (Å²) in [6.45, 7) is 0.461. The first-order valence-electron chi connectivity index (χ1n) is 5.66. The average Bonchev–Trinajstić information content (AvgIpc) is 3.07. The highest BCUT2D eigenvalue weighted by Gasteiger charge is 2.25. The van der Waals surface area contributed by atoms with E-state index in [1.807, 2.05) is 0 Å². The molecule has 4 N–H and O–H groups in total. The summed E-state index contributed by atoms with van der Waals surface area (Å²) in [6.07, 6.45) is 3.27. The predicted octanol–water partition coefficient (Wildman–Crippen LogP) is 0.117. The maximum Gasteiger partial charge on any atom is 0.306 e. The Morgan fingerprint density at radius 3 is 2.81 bits per heavy atom. The maximum absolute atomic E-state index is 12.0. The normalized spacial score (nSPS) is 11.5. The number of nitro groups is 1. The Labute approximate surface area is 123 Å². The van der Waals surface area contributed by atoms with E-state index >= 15 is 0 Å². The summed E-state index contributed by atoms with van der Waals surface area (Å²) >= 11 is 0.692. The van der Waals surface area contributed by atoms with Crippen LogP contribution in [0, 0.1) is 10.1 Å². The van der Waals surface area contributed by atoms with Crippen molar-refractivity contribution >= 4 is 32.0 Å². The fourth-order valence-electron chi connectivity index (χ4n) is 1.53. The molecule has 0 saturated heterocycles. The molecule has 0 bridgehead atoms. The van der Waals surface area contributed by atoms with E-state index < -0.39 is 14.9 Å². The predicted molar refractivity (Wildman–Crippen MR) is 76.2 cm³/mol. The third kappa shape index (κ3) is 3.55. The van der Waals surface area contributed by atoms with Crippen LogP contribution in [-0.4, -0.2) is 29.7 Å². The Morgan fingerprint density at radius 2 is 2.29 bits per heavy atom. The van der Waals surface area contributed by atoms with Crippen molar-refractivity contribution in [2.24, 2.45) is 5.84 Å². The van der Waals surface area contributed by atoms with Crippen LogP contribution >= 0.6 is 11.3 Å². The fourth-order valence-corrected chi connectivity index (χ4v) is 3.83. The van der Waals surface area contributed by atoms with Gasteiger partial charge in [0.15, 0.2) is 5.00 Å². The molecule has 114 valence electrons. The van der Waals surface area contributed by atoms with E-state index in [-0.39, 0.29) is 21.4 Å².